The average Bonchev–Trinajstić information content (AvgIpc) is 2.52. The molecule has 0 saturated carbocycles. The molecule has 1 heterocycles. The number of fused-ring (bicyclic) bond motifs is 1. The lowest BCUT2D eigenvalue weighted by Crippen LogP contribution is -2.13. The van der Waals surface area contributed by atoms with E-state index in [4.69, 9.17) is 5.73 Å². The van der Waals surface area contributed by atoms with Gasteiger partial charge in [-0.15, -0.1) is 11.8 Å². The molecule has 2 aromatic carbocycles. The molecule has 0 fully saturated rings. The Kier molecular flexibility index (Phi) is 4.58. The summed E-state index contributed by atoms with van der Waals surface area (Å²) in [5.41, 5.74) is 8.54. The van der Waals surface area contributed by atoms with Gasteiger partial charge in [0.15, 0.2) is 0 Å². The summed E-state index contributed by atoms with van der Waals surface area (Å²) in [5.74, 6) is 0.838. The quantitative estimate of drug-likeness (QED) is 0.681. The van der Waals surface area contributed by atoms with Gasteiger partial charge in [0.1, 0.15) is 0 Å². The van der Waals surface area contributed by atoms with Crippen LogP contribution in [-0.2, 0) is 0 Å². The summed E-state index contributed by atoms with van der Waals surface area (Å²) in [4.78, 5) is 5.61. The summed E-state index contributed by atoms with van der Waals surface area (Å²) < 4.78 is 1.09. The van der Waals surface area contributed by atoms with Gasteiger partial charge in [-0.1, -0.05) is 40.2 Å². The standard InChI is InChI=1S/C17H15BrN2S/c18-12-4-1-5-13(10-12)21-11-16(19)14-6-2-8-17-15(14)7-3-9-20-17/h1-10,16H,11,19H2. The minimum absolute atomic E-state index is 0.0121. The van der Waals surface area contributed by atoms with Crippen LogP contribution in [0.15, 0.2) is 70.2 Å². The van der Waals surface area contributed by atoms with Crippen molar-refractivity contribution in [1.82, 2.24) is 4.98 Å². The second-order valence-corrected chi connectivity index (χ2v) is 6.80. The van der Waals surface area contributed by atoms with E-state index >= 15 is 0 Å². The molecule has 3 rings (SSSR count). The van der Waals surface area contributed by atoms with Crippen molar-refractivity contribution in [3.63, 3.8) is 0 Å². The molecule has 0 aliphatic heterocycles. The van der Waals surface area contributed by atoms with Crippen molar-refractivity contribution in [2.75, 3.05) is 5.75 Å². The van der Waals surface area contributed by atoms with Crippen LogP contribution in [0.3, 0.4) is 0 Å². The molecular weight excluding hydrogens is 344 g/mol. The number of benzene rings is 2. The topological polar surface area (TPSA) is 38.9 Å². The van der Waals surface area contributed by atoms with Crippen LogP contribution in [-0.4, -0.2) is 10.7 Å². The van der Waals surface area contributed by atoms with Gasteiger partial charge in [0.25, 0.3) is 0 Å². The Labute approximate surface area is 136 Å². The number of hydrogen-bond donors (Lipinski definition) is 1. The number of thioether (sulfide) groups is 1. The van der Waals surface area contributed by atoms with Gasteiger partial charge in [-0.25, -0.2) is 0 Å². The first-order chi connectivity index (χ1) is 10.2. The second kappa shape index (κ2) is 6.60. The summed E-state index contributed by atoms with van der Waals surface area (Å²) in [6.07, 6.45) is 1.81. The number of aromatic nitrogens is 1. The smallest absolute Gasteiger partial charge is 0.0705 e. The highest BCUT2D eigenvalue weighted by Gasteiger charge is 2.10. The minimum Gasteiger partial charge on any atom is -0.323 e. The van der Waals surface area contributed by atoms with E-state index in [0.717, 1.165) is 26.7 Å². The second-order valence-electron chi connectivity index (χ2n) is 4.79. The molecule has 0 spiro atoms. The first-order valence-electron chi connectivity index (χ1n) is 6.71. The first-order valence-corrected chi connectivity index (χ1v) is 8.49. The molecule has 106 valence electrons. The molecule has 4 heteroatoms. The molecule has 1 aromatic heterocycles. The van der Waals surface area contributed by atoms with Crippen LogP contribution in [0.2, 0.25) is 0 Å². The number of hydrogen-bond acceptors (Lipinski definition) is 3. The van der Waals surface area contributed by atoms with Crippen molar-refractivity contribution >= 4 is 38.6 Å². The zero-order valence-corrected chi connectivity index (χ0v) is 13.8. The molecule has 0 saturated heterocycles. The Morgan fingerprint density at radius 1 is 1.10 bits per heavy atom. The van der Waals surface area contributed by atoms with Gasteiger partial charge >= 0.3 is 0 Å². The van der Waals surface area contributed by atoms with Gasteiger partial charge < -0.3 is 5.73 Å². The fourth-order valence-corrected chi connectivity index (χ4v) is 3.77. The van der Waals surface area contributed by atoms with E-state index in [1.165, 1.54) is 4.90 Å². The molecule has 1 atom stereocenters. The number of halogens is 1. The summed E-state index contributed by atoms with van der Waals surface area (Å²) >= 11 is 5.26. The Morgan fingerprint density at radius 2 is 1.95 bits per heavy atom. The average molecular weight is 359 g/mol. The molecule has 2 nitrogen and oxygen atoms in total. The fraction of sp³-hybridized carbons (Fsp3) is 0.118. The maximum absolute atomic E-state index is 6.39. The summed E-state index contributed by atoms with van der Waals surface area (Å²) in [6, 6.07) is 18.5. The van der Waals surface area contributed by atoms with Crippen LogP contribution in [0, 0.1) is 0 Å². The number of nitrogens with two attached hydrogens (primary N) is 1. The van der Waals surface area contributed by atoms with E-state index in [1.54, 1.807) is 11.8 Å². The van der Waals surface area contributed by atoms with Gasteiger partial charge in [-0.2, -0.15) is 0 Å². The molecule has 0 aliphatic carbocycles. The number of nitrogens with zero attached hydrogens (tertiary/aromatic N) is 1. The third-order valence-electron chi connectivity index (χ3n) is 3.30. The first kappa shape index (κ1) is 14.6. The van der Waals surface area contributed by atoms with Gasteiger partial charge in [0.2, 0.25) is 0 Å². The zero-order chi connectivity index (χ0) is 14.7. The monoisotopic (exact) mass is 358 g/mol. The van der Waals surface area contributed by atoms with E-state index in [0.29, 0.717) is 0 Å². The molecule has 0 amide bonds. The third-order valence-corrected chi connectivity index (χ3v) is 4.91. The Hall–Kier alpha value is -1.36. The van der Waals surface area contributed by atoms with E-state index in [1.807, 2.05) is 36.5 Å². The Balaban J connectivity index is 1.79. The summed E-state index contributed by atoms with van der Waals surface area (Å²) in [5, 5.41) is 1.14. The SMILES string of the molecule is NC(CSc1cccc(Br)c1)c1cccc2ncccc12. The van der Waals surface area contributed by atoms with E-state index < -0.39 is 0 Å². The van der Waals surface area contributed by atoms with E-state index in [2.05, 4.69) is 45.2 Å². The fourth-order valence-electron chi connectivity index (χ4n) is 2.28. The van der Waals surface area contributed by atoms with Crippen molar-refractivity contribution in [2.24, 2.45) is 5.73 Å². The van der Waals surface area contributed by atoms with Crippen molar-refractivity contribution in [2.45, 2.75) is 10.9 Å². The lowest BCUT2D eigenvalue weighted by molar-refractivity contribution is 0.839. The van der Waals surface area contributed by atoms with Gasteiger partial charge in [0, 0.05) is 32.7 Å². The molecule has 2 N–H and O–H groups in total. The molecule has 0 radical (unpaired) electrons. The zero-order valence-electron chi connectivity index (χ0n) is 11.4. The van der Waals surface area contributed by atoms with Crippen molar-refractivity contribution in [1.29, 1.82) is 0 Å². The maximum Gasteiger partial charge on any atom is 0.0705 e. The summed E-state index contributed by atoms with van der Waals surface area (Å²) in [7, 11) is 0. The largest absolute Gasteiger partial charge is 0.323 e. The molecule has 1 unspecified atom stereocenters. The maximum atomic E-state index is 6.39. The third kappa shape index (κ3) is 3.46. The van der Waals surface area contributed by atoms with E-state index in [-0.39, 0.29) is 6.04 Å². The Morgan fingerprint density at radius 3 is 2.81 bits per heavy atom. The van der Waals surface area contributed by atoms with Gasteiger partial charge in [-0.3, -0.25) is 4.98 Å². The predicted molar refractivity (Wildman–Crippen MR) is 93.5 cm³/mol. The van der Waals surface area contributed by atoms with Crippen LogP contribution in [0.5, 0.6) is 0 Å². The number of rotatable bonds is 4. The molecule has 0 aliphatic rings. The molecule has 21 heavy (non-hydrogen) atoms. The minimum atomic E-state index is -0.0121. The summed E-state index contributed by atoms with van der Waals surface area (Å²) in [6.45, 7) is 0. The Bertz CT molecular complexity index is 755. The van der Waals surface area contributed by atoms with Crippen LogP contribution < -0.4 is 5.73 Å². The highest BCUT2D eigenvalue weighted by Crippen LogP contribution is 2.28. The predicted octanol–water partition coefficient (Wildman–Crippen LogP) is 4.79. The highest BCUT2D eigenvalue weighted by atomic mass is 79.9. The number of pyridine rings is 1. The lowest BCUT2D eigenvalue weighted by Gasteiger charge is -2.14. The van der Waals surface area contributed by atoms with Crippen molar-refractivity contribution in [3.8, 4) is 0 Å². The van der Waals surface area contributed by atoms with Crippen molar-refractivity contribution < 1.29 is 0 Å². The van der Waals surface area contributed by atoms with Gasteiger partial charge in [0.05, 0.1) is 5.52 Å². The van der Waals surface area contributed by atoms with Crippen LogP contribution in [0.1, 0.15) is 11.6 Å². The van der Waals surface area contributed by atoms with Crippen LogP contribution in [0.25, 0.3) is 10.9 Å². The van der Waals surface area contributed by atoms with E-state index in [9.17, 15) is 0 Å². The lowest BCUT2D eigenvalue weighted by atomic mass is 10.0. The van der Waals surface area contributed by atoms with Crippen LogP contribution >= 0.6 is 27.7 Å². The van der Waals surface area contributed by atoms with Crippen molar-refractivity contribution in [3.05, 3.63) is 70.8 Å². The molecule has 0 bridgehead atoms. The highest BCUT2D eigenvalue weighted by molar-refractivity contribution is 9.10. The normalized spacial score (nSPS) is 12.5. The van der Waals surface area contributed by atoms with Crippen LogP contribution in [0.4, 0.5) is 0 Å². The molecular formula is C17H15BrN2S. The van der Waals surface area contributed by atoms with Gasteiger partial charge in [-0.05, 0) is 35.9 Å². The molecule has 3 aromatic rings.